The minimum Gasteiger partial charge on any atom is -0.493 e. The van der Waals surface area contributed by atoms with E-state index in [-0.39, 0.29) is 12.5 Å². The van der Waals surface area contributed by atoms with Gasteiger partial charge in [0.2, 0.25) is 5.91 Å². The molecule has 0 unspecified atom stereocenters. The fourth-order valence-electron chi connectivity index (χ4n) is 4.25. The molecule has 0 aliphatic carbocycles. The van der Waals surface area contributed by atoms with Crippen LogP contribution in [-0.4, -0.2) is 39.0 Å². The molecular weight excluding hydrogens is 430 g/mol. The Balaban J connectivity index is 1.60. The lowest BCUT2D eigenvalue weighted by molar-refractivity contribution is -0.121. The van der Waals surface area contributed by atoms with Crippen LogP contribution in [0.1, 0.15) is 35.1 Å². The number of aryl methyl sites for hydroxylation is 4. The maximum absolute atomic E-state index is 12.9. The van der Waals surface area contributed by atoms with Crippen LogP contribution in [0.15, 0.2) is 36.4 Å². The second-order valence-corrected chi connectivity index (χ2v) is 8.41. The smallest absolute Gasteiger partial charge is 0.242 e. The zero-order valence-electron chi connectivity index (χ0n) is 20.6. The highest BCUT2D eigenvalue weighted by Gasteiger charge is 2.20. The molecule has 0 radical (unpaired) electrons. The maximum Gasteiger partial charge on any atom is 0.242 e. The summed E-state index contributed by atoms with van der Waals surface area (Å²) in [6.45, 7) is 11.0. The van der Waals surface area contributed by atoms with Crippen LogP contribution in [0, 0.1) is 27.7 Å². The average molecular weight is 462 g/mol. The van der Waals surface area contributed by atoms with E-state index in [2.05, 4.69) is 28.9 Å². The number of nitrogens with zero attached hydrogens (tertiary/aromatic N) is 4. The number of rotatable bonds is 8. The summed E-state index contributed by atoms with van der Waals surface area (Å²) in [7, 11) is 1.61. The van der Waals surface area contributed by atoms with Crippen molar-refractivity contribution in [2.45, 2.75) is 47.7 Å². The van der Waals surface area contributed by atoms with Crippen LogP contribution >= 0.6 is 0 Å². The van der Waals surface area contributed by atoms with Crippen LogP contribution in [0.5, 0.6) is 11.5 Å². The van der Waals surface area contributed by atoms with Gasteiger partial charge >= 0.3 is 0 Å². The zero-order valence-corrected chi connectivity index (χ0v) is 20.6. The Bertz CT molecular complexity index is 1330. The van der Waals surface area contributed by atoms with Gasteiger partial charge in [-0.1, -0.05) is 6.07 Å². The molecule has 0 fully saturated rings. The van der Waals surface area contributed by atoms with Crippen LogP contribution in [-0.2, 0) is 17.9 Å². The molecule has 0 atom stereocenters. The molecule has 3 aromatic heterocycles. The first-order chi connectivity index (χ1) is 16.3. The molecule has 8 heteroatoms. The van der Waals surface area contributed by atoms with Crippen molar-refractivity contribution in [1.29, 1.82) is 0 Å². The highest BCUT2D eigenvalue weighted by Crippen LogP contribution is 2.29. The van der Waals surface area contributed by atoms with Crippen molar-refractivity contribution in [2.75, 3.05) is 13.7 Å². The Morgan fingerprint density at radius 1 is 1.03 bits per heavy atom. The summed E-state index contributed by atoms with van der Waals surface area (Å²) in [5.74, 6) is 1.97. The topological polar surface area (TPSA) is 83.2 Å². The van der Waals surface area contributed by atoms with E-state index in [9.17, 15) is 4.79 Å². The number of benzene rings is 1. The van der Waals surface area contributed by atoms with Gasteiger partial charge in [-0.2, -0.15) is 5.10 Å². The SMILES string of the molecule is CCOc1cc(CNC(=O)Cn2nc(-n3c(C)ccc3C)c3c(C)cc(C)nc32)ccc1OC. The van der Waals surface area contributed by atoms with Crippen molar-refractivity contribution >= 4 is 16.9 Å². The minimum absolute atomic E-state index is 0.0697. The molecular formula is C26H31N5O3. The molecule has 3 heterocycles. The number of carbonyl (C=O) groups excluding carboxylic acids is 1. The number of nitrogens with one attached hydrogen (secondary N) is 1. The summed E-state index contributed by atoms with van der Waals surface area (Å²) in [4.78, 5) is 17.6. The summed E-state index contributed by atoms with van der Waals surface area (Å²) in [5.41, 5.74) is 5.76. The third-order valence-corrected chi connectivity index (χ3v) is 5.80. The Morgan fingerprint density at radius 3 is 2.44 bits per heavy atom. The van der Waals surface area contributed by atoms with E-state index in [1.807, 2.05) is 52.0 Å². The molecule has 4 aromatic rings. The number of ether oxygens (including phenoxy) is 2. The predicted molar refractivity (Wildman–Crippen MR) is 132 cm³/mol. The lowest BCUT2D eigenvalue weighted by Gasteiger charge is -2.12. The Kier molecular flexibility index (Phi) is 6.58. The lowest BCUT2D eigenvalue weighted by atomic mass is 10.1. The zero-order chi connectivity index (χ0) is 24.4. The molecule has 4 rings (SSSR count). The molecule has 0 saturated heterocycles. The second-order valence-electron chi connectivity index (χ2n) is 8.41. The van der Waals surface area contributed by atoms with Crippen molar-refractivity contribution in [2.24, 2.45) is 0 Å². The molecule has 178 valence electrons. The van der Waals surface area contributed by atoms with Gasteiger partial charge in [0.1, 0.15) is 6.54 Å². The van der Waals surface area contributed by atoms with Crippen molar-refractivity contribution in [3.63, 3.8) is 0 Å². The van der Waals surface area contributed by atoms with Crippen LogP contribution in [0.25, 0.3) is 16.9 Å². The lowest BCUT2D eigenvalue weighted by Crippen LogP contribution is -2.27. The molecule has 1 aromatic carbocycles. The minimum atomic E-state index is -0.147. The van der Waals surface area contributed by atoms with Gasteiger partial charge in [-0.05, 0) is 76.1 Å². The standard InChI is InChI=1S/C26H31N5O3/c1-7-34-22-13-20(10-11-21(22)33-6)14-27-23(32)15-30-25-24(16(2)12-17(3)28-25)26(29-30)31-18(4)8-9-19(31)5/h8-13H,7,14-15H2,1-6H3,(H,27,32). The summed E-state index contributed by atoms with van der Waals surface area (Å²) < 4.78 is 14.8. The average Bonchev–Trinajstić information content (AvgIpc) is 3.31. The van der Waals surface area contributed by atoms with Gasteiger partial charge in [0, 0.05) is 23.6 Å². The van der Waals surface area contributed by atoms with Crippen LogP contribution < -0.4 is 14.8 Å². The number of hydrogen-bond donors (Lipinski definition) is 1. The summed E-state index contributed by atoms with van der Waals surface area (Å²) >= 11 is 0. The number of pyridine rings is 1. The third kappa shape index (κ3) is 4.48. The molecule has 0 saturated carbocycles. The molecule has 8 nitrogen and oxygen atoms in total. The Morgan fingerprint density at radius 2 is 1.76 bits per heavy atom. The second kappa shape index (κ2) is 9.59. The fraction of sp³-hybridized carbons (Fsp3) is 0.346. The van der Waals surface area contributed by atoms with Gasteiger partial charge in [-0.15, -0.1) is 0 Å². The van der Waals surface area contributed by atoms with Gasteiger partial charge in [0.25, 0.3) is 0 Å². The fourth-order valence-corrected chi connectivity index (χ4v) is 4.25. The van der Waals surface area contributed by atoms with Crippen molar-refractivity contribution in [3.8, 4) is 17.3 Å². The number of hydrogen-bond acceptors (Lipinski definition) is 5. The van der Waals surface area contributed by atoms with E-state index in [0.717, 1.165) is 39.4 Å². The first-order valence-electron chi connectivity index (χ1n) is 11.4. The molecule has 34 heavy (non-hydrogen) atoms. The molecule has 0 aliphatic rings. The number of carbonyl (C=O) groups is 1. The van der Waals surface area contributed by atoms with E-state index in [1.54, 1.807) is 11.8 Å². The molecule has 1 amide bonds. The van der Waals surface area contributed by atoms with E-state index in [4.69, 9.17) is 19.6 Å². The quantitative estimate of drug-likeness (QED) is 0.426. The molecule has 0 spiro atoms. The first kappa shape index (κ1) is 23.4. The van der Waals surface area contributed by atoms with Gasteiger partial charge in [0.05, 0.1) is 19.1 Å². The molecule has 0 aliphatic heterocycles. The highest BCUT2D eigenvalue weighted by molar-refractivity contribution is 5.88. The Labute approximate surface area is 199 Å². The van der Waals surface area contributed by atoms with Crippen LogP contribution in [0.4, 0.5) is 0 Å². The number of fused-ring (bicyclic) bond motifs is 1. The number of aromatic nitrogens is 4. The van der Waals surface area contributed by atoms with E-state index >= 15 is 0 Å². The monoisotopic (exact) mass is 461 g/mol. The van der Waals surface area contributed by atoms with Gasteiger partial charge < -0.3 is 19.4 Å². The highest BCUT2D eigenvalue weighted by atomic mass is 16.5. The Hall–Kier alpha value is -3.81. The summed E-state index contributed by atoms with van der Waals surface area (Å²) in [6, 6.07) is 11.8. The summed E-state index contributed by atoms with van der Waals surface area (Å²) in [6.07, 6.45) is 0. The van der Waals surface area contributed by atoms with Gasteiger partial charge in [-0.25, -0.2) is 9.67 Å². The van der Waals surface area contributed by atoms with Gasteiger partial charge in [0.15, 0.2) is 23.0 Å². The van der Waals surface area contributed by atoms with Crippen LogP contribution in [0.2, 0.25) is 0 Å². The van der Waals surface area contributed by atoms with Crippen molar-refractivity contribution in [1.82, 2.24) is 24.6 Å². The van der Waals surface area contributed by atoms with Crippen molar-refractivity contribution in [3.05, 3.63) is 64.6 Å². The largest absolute Gasteiger partial charge is 0.493 e. The van der Waals surface area contributed by atoms with E-state index in [1.165, 1.54) is 0 Å². The third-order valence-electron chi connectivity index (χ3n) is 5.80. The summed E-state index contributed by atoms with van der Waals surface area (Å²) in [5, 5.41) is 8.77. The molecule has 1 N–H and O–H groups in total. The number of amides is 1. The first-order valence-corrected chi connectivity index (χ1v) is 11.4. The van der Waals surface area contributed by atoms with Gasteiger partial charge in [-0.3, -0.25) is 4.79 Å². The van der Waals surface area contributed by atoms with Crippen LogP contribution in [0.3, 0.4) is 0 Å². The molecule has 0 bridgehead atoms. The predicted octanol–water partition coefficient (Wildman–Crippen LogP) is 4.18. The van der Waals surface area contributed by atoms with E-state index in [0.29, 0.717) is 30.3 Å². The maximum atomic E-state index is 12.9. The normalized spacial score (nSPS) is 11.1. The number of methoxy groups -OCH3 is 1. The van der Waals surface area contributed by atoms with E-state index < -0.39 is 0 Å². The van der Waals surface area contributed by atoms with Crippen molar-refractivity contribution < 1.29 is 14.3 Å².